The Labute approximate surface area is 117 Å². The molecule has 0 atom stereocenters. The largest absolute Gasteiger partial charge is 0.705 e. The van der Waals surface area contributed by atoms with Crippen LogP contribution in [-0.4, -0.2) is 39.3 Å². The summed E-state index contributed by atoms with van der Waals surface area (Å²) in [7, 11) is -3.80. The third-order valence-corrected chi connectivity index (χ3v) is 4.62. The van der Waals surface area contributed by atoms with Crippen LogP contribution in [0.25, 0.3) is 0 Å². The summed E-state index contributed by atoms with van der Waals surface area (Å²) in [6, 6.07) is -0.726. The van der Waals surface area contributed by atoms with Crippen LogP contribution in [0.4, 0.5) is 4.79 Å². The van der Waals surface area contributed by atoms with Crippen molar-refractivity contribution in [2.45, 2.75) is 33.2 Å². The highest BCUT2D eigenvalue weighted by Crippen LogP contribution is 2.19. The quantitative estimate of drug-likeness (QED) is 0.486. The first kappa shape index (κ1) is 17.9. The van der Waals surface area contributed by atoms with Gasteiger partial charge in [-0.25, -0.2) is 4.79 Å². The van der Waals surface area contributed by atoms with E-state index in [4.69, 9.17) is 19.0 Å². The molecule has 0 radical (unpaired) electrons. The number of hydrogen-bond donors (Lipinski definition) is 2. The fraction of sp³-hybridized carbons (Fsp3) is 0.600. The van der Waals surface area contributed by atoms with E-state index in [-0.39, 0.29) is 19.0 Å². The summed E-state index contributed by atoms with van der Waals surface area (Å²) in [6.45, 7) is 3.48. The number of primary amides is 1. The summed E-state index contributed by atoms with van der Waals surface area (Å²) >= 11 is 0. The van der Waals surface area contributed by atoms with Gasteiger partial charge in [-0.1, -0.05) is 0 Å². The topological polar surface area (TPSA) is 134 Å². The lowest BCUT2D eigenvalue weighted by molar-refractivity contribution is -0.147. The molecule has 0 aliphatic rings. The molecule has 0 unspecified atom stereocenters. The second-order valence-corrected chi connectivity index (χ2v) is 6.34. The van der Waals surface area contributed by atoms with Crippen LogP contribution < -0.4 is 11.1 Å². The summed E-state index contributed by atoms with van der Waals surface area (Å²) in [5.41, 5.74) is 4.89. The maximum atomic E-state index is 11.1. The van der Waals surface area contributed by atoms with Crippen LogP contribution in [0, 0.1) is 0 Å². The Morgan fingerprint density at radius 2 is 1.35 bits per heavy atom. The molecule has 0 aliphatic carbocycles. The van der Waals surface area contributed by atoms with E-state index in [9.17, 15) is 19.2 Å². The Balaban J connectivity index is 4.85. The first-order chi connectivity index (χ1) is 9.17. The molecule has 0 spiro atoms. The van der Waals surface area contributed by atoms with E-state index in [1.807, 2.05) is 0 Å². The minimum atomic E-state index is -3.80. The number of rotatable bonds is 7. The average molecular weight is 306 g/mol. The van der Waals surface area contributed by atoms with Gasteiger partial charge in [0.15, 0.2) is 0 Å². The summed E-state index contributed by atoms with van der Waals surface area (Å²) < 4.78 is 14.8. The zero-order valence-corrected chi connectivity index (χ0v) is 12.6. The van der Waals surface area contributed by atoms with E-state index in [1.165, 1.54) is 0 Å². The Morgan fingerprint density at radius 3 is 1.65 bits per heavy atom. The molecule has 0 aromatic rings. The molecule has 3 N–H and O–H groups in total. The molecule has 9 nitrogen and oxygen atoms in total. The minimum Gasteiger partial charge on any atom is -0.455 e. The lowest BCUT2D eigenvalue weighted by atomic mass is 10.5. The second kappa shape index (κ2) is 8.14. The van der Waals surface area contributed by atoms with Crippen LogP contribution in [0.5, 0.6) is 0 Å². The summed E-state index contributed by atoms with van der Waals surface area (Å²) in [5.74, 6) is -2.20. The maximum Gasteiger partial charge on any atom is 0.705 e. The Kier molecular flexibility index (Phi) is 7.29. The van der Waals surface area contributed by atoms with Gasteiger partial charge in [-0.05, 0) is 6.42 Å². The highest BCUT2D eigenvalue weighted by Gasteiger charge is 2.51. The molecule has 10 heteroatoms. The van der Waals surface area contributed by atoms with Gasteiger partial charge in [-0.2, -0.15) is 0 Å². The first-order valence-electron chi connectivity index (χ1n) is 5.79. The molecule has 0 aliphatic heterocycles. The van der Waals surface area contributed by atoms with Crippen LogP contribution in [0.15, 0.2) is 0 Å². The van der Waals surface area contributed by atoms with E-state index < -0.39 is 32.7 Å². The highest BCUT2D eigenvalue weighted by atomic mass is 28.4. The van der Waals surface area contributed by atoms with Gasteiger partial charge in [0.2, 0.25) is 0 Å². The number of amides is 2. The molecule has 0 fully saturated rings. The highest BCUT2D eigenvalue weighted by molar-refractivity contribution is 6.65. The van der Waals surface area contributed by atoms with Gasteiger partial charge >= 0.3 is 14.8 Å². The number of nitrogens with two attached hydrogens (primary N) is 1. The van der Waals surface area contributed by atoms with Crippen LogP contribution in [0.1, 0.15) is 27.2 Å². The number of carbonyl (C=O) groups excluding carboxylic acids is 4. The summed E-state index contributed by atoms with van der Waals surface area (Å²) in [4.78, 5) is 43.8. The van der Waals surface area contributed by atoms with Gasteiger partial charge < -0.3 is 24.3 Å². The Morgan fingerprint density at radius 1 is 0.950 bits per heavy atom. The Hall–Kier alpha value is -2.10. The lowest BCUT2D eigenvalue weighted by Crippen LogP contribution is -2.49. The predicted octanol–water partition coefficient (Wildman–Crippen LogP) is -0.327. The Bertz CT molecular complexity index is 358. The van der Waals surface area contributed by atoms with E-state index >= 15 is 0 Å². The van der Waals surface area contributed by atoms with Crippen molar-refractivity contribution >= 4 is 32.7 Å². The van der Waals surface area contributed by atoms with Crippen molar-refractivity contribution in [2.24, 2.45) is 5.73 Å². The lowest BCUT2D eigenvalue weighted by Gasteiger charge is -2.26. The number of hydrogen-bond acceptors (Lipinski definition) is 7. The minimum absolute atomic E-state index is 0.00792. The molecule has 0 aromatic heterocycles. The maximum absolute atomic E-state index is 11.1. The van der Waals surface area contributed by atoms with Gasteiger partial charge in [0, 0.05) is 27.3 Å². The van der Waals surface area contributed by atoms with E-state index in [0.717, 1.165) is 20.8 Å². The monoisotopic (exact) mass is 306 g/mol. The first-order valence-corrected chi connectivity index (χ1v) is 7.72. The molecule has 0 heterocycles. The van der Waals surface area contributed by atoms with Crippen LogP contribution in [-0.2, 0) is 27.7 Å². The smallest absolute Gasteiger partial charge is 0.455 e. The van der Waals surface area contributed by atoms with Crippen molar-refractivity contribution in [1.82, 2.24) is 5.32 Å². The van der Waals surface area contributed by atoms with E-state index in [2.05, 4.69) is 5.32 Å². The third kappa shape index (κ3) is 8.08. The normalized spacial score (nSPS) is 10.3. The van der Waals surface area contributed by atoms with Gasteiger partial charge in [0.1, 0.15) is 0 Å². The molecular weight excluding hydrogens is 288 g/mol. The number of carbonyl (C=O) groups is 4. The average Bonchev–Trinajstić information content (AvgIpc) is 2.20. The third-order valence-electron chi connectivity index (χ3n) is 1.86. The van der Waals surface area contributed by atoms with Crippen molar-refractivity contribution in [2.75, 3.05) is 6.54 Å². The van der Waals surface area contributed by atoms with Gasteiger partial charge in [0.05, 0.1) is 6.04 Å². The summed E-state index contributed by atoms with van der Waals surface area (Å²) in [5, 5.41) is 2.32. The molecule has 0 saturated heterocycles. The molecular formula is C10H18N2O7Si. The zero-order chi connectivity index (χ0) is 15.8. The van der Waals surface area contributed by atoms with Crippen molar-refractivity contribution in [3.8, 4) is 0 Å². The number of urea groups is 1. The zero-order valence-electron chi connectivity index (χ0n) is 11.6. The molecule has 0 bridgehead atoms. The van der Waals surface area contributed by atoms with Crippen LogP contribution >= 0.6 is 0 Å². The van der Waals surface area contributed by atoms with Crippen molar-refractivity contribution < 1.29 is 32.5 Å². The molecule has 0 rings (SSSR count). The summed E-state index contributed by atoms with van der Waals surface area (Å²) in [6.07, 6.45) is 0.253. The van der Waals surface area contributed by atoms with Gasteiger partial charge in [-0.15, -0.1) is 0 Å². The fourth-order valence-electron chi connectivity index (χ4n) is 1.39. The molecule has 0 aromatic carbocycles. The van der Waals surface area contributed by atoms with Gasteiger partial charge in [0.25, 0.3) is 17.9 Å². The second-order valence-electron chi connectivity index (χ2n) is 3.86. The molecule has 20 heavy (non-hydrogen) atoms. The van der Waals surface area contributed by atoms with Crippen molar-refractivity contribution in [3.63, 3.8) is 0 Å². The standard InChI is InChI=1S/C10H18N2O7Si/c1-7(13)17-20(18-8(2)14,19-9(3)15)6-4-5-12-10(11)16/h4-6H2,1-3H3,(H3,11,12,16). The fourth-order valence-corrected chi connectivity index (χ4v) is 3.74. The predicted molar refractivity (Wildman–Crippen MR) is 68.1 cm³/mol. The number of nitrogens with one attached hydrogen (secondary N) is 1. The molecule has 0 saturated carbocycles. The molecule has 2 amide bonds. The van der Waals surface area contributed by atoms with E-state index in [1.54, 1.807) is 0 Å². The van der Waals surface area contributed by atoms with Gasteiger partial charge in [-0.3, -0.25) is 14.4 Å². The van der Waals surface area contributed by atoms with Crippen LogP contribution in [0.2, 0.25) is 6.04 Å². The SMILES string of the molecule is CC(=O)O[Si](CCCNC(N)=O)(OC(C)=O)OC(C)=O. The molecule has 114 valence electrons. The van der Waals surface area contributed by atoms with Crippen LogP contribution in [0.3, 0.4) is 0 Å². The van der Waals surface area contributed by atoms with E-state index in [0.29, 0.717) is 0 Å². The van der Waals surface area contributed by atoms with Crippen molar-refractivity contribution in [1.29, 1.82) is 0 Å². The van der Waals surface area contributed by atoms with Crippen molar-refractivity contribution in [3.05, 3.63) is 0 Å².